The number of rotatable bonds is 7. The lowest BCUT2D eigenvalue weighted by Crippen LogP contribution is -2.25. The summed E-state index contributed by atoms with van der Waals surface area (Å²) in [6.07, 6.45) is 1.21. The number of benzene rings is 1. The van der Waals surface area contributed by atoms with E-state index in [-0.39, 0.29) is 24.0 Å². The van der Waals surface area contributed by atoms with E-state index in [4.69, 9.17) is 9.47 Å². The topological polar surface area (TPSA) is 53.4 Å². The quantitative estimate of drug-likeness (QED) is 0.564. The zero-order chi connectivity index (χ0) is 17.9. The monoisotopic (exact) mass is 352 g/mol. The van der Waals surface area contributed by atoms with Crippen molar-refractivity contribution < 1.29 is 13.9 Å². The van der Waals surface area contributed by atoms with Crippen LogP contribution in [0.2, 0.25) is 25.7 Å². The van der Waals surface area contributed by atoms with Gasteiger partial charge in [-0.2, -0.15) is 0 Å². The molecule has 7 heteroatoms. The molecule has 24 heavy (non-hydrogen) atoms. The summed E-state index contributed by atoms with van der Waals surface area (Å²) in [6.45, 7) is 11.0. The number of hydrogen-bond acceptors (Lipinski definition) is 4. The number of ether oxygens (including phenoxy) is 2. The molecule has 2 aromatic rings. The largest absolute Gasteiger partial charge is 0.488 e. The molecule has 0 aliphatic rings. The van der Waals surface area contributed by atoms with Crippen LogP contribution in [0.4, 0.5) is 4.39 Å². The minimum Gasteiger partial charge on any atom is -0.488 e. The second-order valence-electron chi connectivity index (χ2n) is 7.31. The Morgan fingerprint density at radius 2 is 2.00 bits per heavy atom. The van der Waals surface area contributed by atoms with Crippen molar-refractivity contribution in [2.45, 2.75) is 52.4 Å². The summed E-state index contributed by atoms with van der Waals surface area (Å²) in [5, 5.41) is -0.0653. The molecule has 132 valence electrons. The van der Waals surface area contributed by atoms with Crippen LogP contribution in [-0.4, -0.2) is 30.3 Å². The van der Waals surface area contributed by atoms with Gasteiger partial charge in [0, 0.05) is 14.7 Å². The van der Waals surface area contributed by atoms with E-state index < -0.39 is 19.5 Å². The van der Waals surface area contributed by atoms with Crippen molar-refractivity contribution in [3.05, 3.63) is 34.6 Å². The maximum Gasteiger partial charge on any atom is 0.266 e. The molecule has 0 unspecified atom stereocenters. The van der Waals surface area contributed by atoms with Crippen LogP contribution in [0.1, 0.15) is 13.8 Å². The smallest absolute Gasteiger partial charge is 0.266 e. The molecule has 0 radical (unpaired) electrons. The zero-order valence-corrected chi connectivity index (χ0v) is 15.9. The molecule has 0 fully saturated rings. The average Bonchev–Trinajstić information content (AvgIpc) is 2.47. The Bertz CT molecular complexity index is 769. The van der Waals surface area contributed by atoms with Crippen molar-refractivity contribution in [1.29, 1.82) is 0 Å². The molecule has 0 N–H and O–H groups in total. The molecule has 0 aliphatic heterocycles. The van der Waals surface area contributed by atoms with Crippen LogP contribution < -0.4 is 10.3 Å². The summed E-state index contributed by atoms with van der Waals surface area (Å²) >= 11 is 0. The number of nitrogens with zero attached hydrogens (tertiary/aromatic N) is 2. The third kappa shape index (κ3) is 4.64. The van der Waals surface area contributed by atoms with Gasteiger partial charge in [-0.25, -0.2) is 9.37 Å². The number of aromatic nitrogens is 2. The highest BCUT2D eigenvalue weighted by Gasteiger charge is 2.16. The molecule has 0 aliphatic carbocycles. The number of halogens is 1. The summed E-state index contributed by atoms with van der Waals surface area (Å²) in [6, 6.07) is 4.09. The summed E-state index contributed by atoms with van der Waals surface area (Å²) in [5.74, 6) is -0.607. The lowest BCUT2D eigenvalue weighted by molar-refractivity contribution is 0.0843. The van der Waals surface area contributed by atoms with Gasteiger partial charge in [0.05, 0.1) is 11.6 Å². The van der Waals surface area contributed by atoms with Gasteiger partial charge in [-0.1, -0.05) is 19.6 Å². The maximum atomic E-state index is 14.6. The van der Waals surface area contributed by atoms with E-state index in [2.05, 4.69) is 24.6 Å². The highest BCUT2D eigenvalue weighted by atomic mass is 28.3. The molecule has 0 spiro atoms. The zero-order valence-electron chi connectivity index (χ0n) is 14.9. The van der Waals surface area contributed by atoms with Crippen LogP contribution in [0.5, 0.6) is 5.75 Å². The van der Waals surface area contributed by atoms with Crippen molar-refractivity contribution in [1.82, 2.24) is 9.55 Å². The Morgan fingerprint density at radius 3 is 2.62 bits per heavy atom. The van der Waals surface area contributed by atoms with Gasteiger partial charge in [0.15, 0.2) is 11.6 Å². The Kier molecular flexibility index (Phi) is 5.77. The summed E-state index contributed by atoms with van der Waals surface area (Å²) in [5.41, 5.74) is -0.147. The fourth-order valence-electron chi connectivity index (χ4n) is 2.16. The third-order valence-electron chi connectivity index (χ3n) is 3.48. The van der Waals surface area contributed by atoms with Crippen LogP contribution in [0, 0.1) is 5.82 Å². The minimum absolute atomic E-state index is 0.0637. The van der Waals surface area contributed by atoms with Crippen LogP contribution >= 0.6 is 0 Å². The number of hydrogen-bond donors (Lipinski definition) is 0. The van der Waals surface area contributed by atoms with E-state index >= 15 is 0 Å². The maximum absolute atomic E-state index is 14.6. The molecule has 2 rings (SSSR count). The average molecular weight is 352 g/mol. The van der Waals surface area contributed by atoms with Gasteiger partial charge >= 0.3 is 0 Å². The highest BCUT2D eigenvalue weighted by molar-refractivity contribution is 6.76. The molecule has 5 nitrogen and oxygen atoms in total. The predicted molar refractivity (Wildman–Crippen MR) is 95.8 cm³/mol. The van der Waals surface area contributed by atoms with Crippen molar-refractivity contribution in [3.8, 4) is 5.75 Å². The minimum atomic E-state index is -1.19. The van der Waals surface area contributed by atoms with E-state index in [1.807, 2.05) is 0 Å². The first-order valence-corrected chi connectivity index (χ1v) is 11.8. The van der Waals surface area contributed by atoms with Crippen LogP contribution in [0.15, 0.2) is 23.3 Å². The molecule has 0 amide bonds. The van der Waals surface area contributed by atoms with E-state index in [0.717, 1.165) is 6.04 Å². The first-order chi connectivity index (χ1) is 11.2. The molecule has 0 bridgehead atoms. The lowest BCUT2D eigenvalue weighted by Gasteiger charge is -2.16. The normalized spacial score (nSPS) is 12.1. The molecule has 1 aromatic carbocycles. The standard InChI is InChI=1S/C17H25FN2O3Si/c1-12(2)23-14-7-6-13-15(16(14)18)17(21)20(10-19-13)11-22-8-9-24(3,4)5/h6-7,10,12H,8-9,11H2,1-5H3. The van der Waals surface area contributed by atoms with E-state index in [1.165, 1.54) is 17.0 Å². The van der Waals surface area contributed by atoms with Gasteiger partial charge in [-0.3, -0.25) is 9.36 Å². The second kappa shape index (κ2) is 7.44. The van der Waals surface area contributed by atoms with Crippen molar-refractivity contribution in [2.75, 3.05) is 6.61 Å². The molecule has 0 saturated carbocycles. The molecule has 0 saturated heterocycles. The Morgan fingerprint density at radius 1 is 1.29 bits per heavy atom. The third-order valence-corrected chi connectivity index (χ3v) is 5.19. The Balaban J connectivity index is 2.25. The first-order valence-electron chi connectivity index (χ1n) is 8.11. The Hall–Kier alpha value is -1.73. The second-order valence-corrected chi connectivity index (χ2v) is 12.9. The fourth-order valence-corrected chi connectivity index (χ4v) is 2.92. The van der Waals surface area contributed by atoms with Crippen LogP contribution in [-0.2, 0) is 11.5 Å². The van der Waals surface area contributed by atoms with E-state index in [1.54, 1.807) is 19.9 Å². The lowest BCUT2D eigenvalue weighted by atomic mass is 10.2. The summed E-state index contributed by atoms with van der Waals surface area (Å²) < 4.78 is 26.9. The molecule has 1 aromatic heterocycles. The summed E-state index contributed by atoms with van der Waals surface area (Å²) in [4.78, 5) is 16.7. The van der Waals surface area contributed by atoms with Gasteiger partial charge in [0.2, 0.25) is 0 Å². The SMILES string of the molecule is CC(C)Oc1ccc2ncn(COCC[Si](C)(C)C)c(=O)c2c1F. The molecule has 1 heterocycles. The molecule has 0 atom stereocenters. The molecular weight excluding hydrogens is 327 g/mol. The van der Waals surface area contributed by atoms with E-state index in [0.29, 0.717) is 12.1 Å². The van der Waals surface area contributed by atoms with Gasteiger partial charge in [0.1, 0.15) is 18.4 Å². The summed E-state index contributed by atoms with van der Waals surface area (Å²) in [7, 11) is -1.19. The fraction of sp³-hybridized carbons (Fsp3) is 0.529. The van der Waals surface area contributed by atoms with Gasteiger partial charge < -0.3 is 9.47 Å². The van der Waals surface area contributed by atoms with E-state index in [9.17, 15) is 9.18 Å². The van der Waals surface area contributed by atoms with Crippen LogP contribution in [0.25, 0.3) is 10.9 Å². The van der Waals surface area contributed by atoms with Crippen molar-refractivity contribution in [2.24, 2.45) is 0 Å². The molecular formula is C17H25FN2O3Si. The van der Waals surface area contributed by atoms with Crippen molar-refractivity contribution in [3.63, 3.8) is 0 Å². The van der Waals surface area contributed by atoms with Crippen LogP contribution in [0.3, 0.4) is 0 Å². The van der Waals surface area contributed by atoms with Gasteiger partial charge in [-0.15, -0.1) is 0 Å². The highest BCUT2D eigenvalue weighted by Crippen LogP contribution is 2.23. The predicted octanol–water partition coefficient (Wildman–Crippen LogP) is 3.64. The van der Waals surface area contributed by atoms with Crippen molar-refractivity contribution >= 4 is 19.0 Å². The van der Waals surface area contributed by atoms with Gasteiger partial charge in [-0.05, 0) is 32.0 Å². The van der Waals surface area contributed by atoms with Gasteiger partial charge in [0.25, 0.3) is 5.56 Å². The number of fused-ring (bicyclic) bond motifs is 1. The first kappa shape index (κ1) is 18.6. The Labute approximate surface area is 142 Å².